The zero-order valence-electron chi connectivity index (χ0n) is 30.0. The summed E-state index contributed by atoms with van der Waals surface area (Å²) in [6.07, 6.45) is 0.270. The predicted molar refractivity (Wildman–Crippen MR) is 188 cm³/mol. The average Bonchev–Trinajstić information content (AvgIpc) is 3.46. The monoisotopic (exact) mass is 713 g/mol. The molecule has 0 aliphatic carbocycles. The molecule has 3 atom stereocenters. The van der Waals surface area contributed by atoms with Crippen molar-refractivity contribution in [3.63, 3.8) is 0 Å². The molecule has 2 aliphatic heterocycles. The van der Waals surface area contributed by atoms with E-state index in [1.165, 1.54) is 12.3 Å². The van der Waals surface area contributed by atoms with Gasteiger partial charge in [0.25, 0.3) is 5.91 Å². The Bertz CT molecular complexity index is 1790. The summed E-state index contributed by atoms with van der Waals surface area (Å²) < 4.78 is 58.4. The number of fused-ring (bicyclic) bond motifs is 1. The number of rotatable bonds is 7. The zero-order valence-corrected chi connectivity index (χ0v) is 31.0. The van der Waals surface area contributed by atoms with Crippen molar-refractivity contribution >= 4 is 31.7 Å². The second-order valence-electron chi connectivity index (χ2n) is 15.7. The number of pyridine rings is 2. The number of carboxylic acid groups (broad SMARTS) is 1. The lowest BCUT2D eigenvalue weighted by Crippen LogP contribution is -2.62. The van der Waals surface area contributed by atoms with E-state index in [4.69, 9.17) is 9.16 Å². The number of carbonyl (C=O) groups is 2. The van der Waals surface area contributed by atoms with Crippen LogP contribution in [-0.2, 0) is 16.3 Å². The van der Waals surface area contributed by atoms with E-state index in [1.54, 1.807) is 20.8 Å². The van der Waals surface area contributed by atoms with Gasteiger partial charge in [0.05, 0.1) is 47.6 Å². The number of anilines is 2. The minimum Gasteiger partial charge on any atom is -0.477 e. The maximum atomic E-state index is 15.8. The highest BCUT2D eigenvalue weighted by Crippen LogP contribution is 2.43. The van der Waals surface area contributed by atoms with E-state index < -0.39 is 66.6 Å². The highest BCUT2D eigenvalue weighted by molar-refractivity contribution is 6.74. The molecule has 270 valence electrons. The number of nitrogens with zero attached hydrogens (tertiary/aromatic N) is 3. The third-order valence-corrected chi connectivity index (χ3v) is 14.4. The van der Waals surface area contributed by atoms with Gasteiger partial charge in [0.1, 0.15) is 11.6 Å². The summed E-state index contributed by atoms with van der Waals surface area (Å²) in [5.41, 5.74) is -0.357. The van der Waals surface area contributed by atoms with Crippen LogP contribution in [0.3, 0.4) is 0 Å². The van der Waals surface area contributed by atoms with E-state index in [1.807, 2.05) is 11.8 Å². The van der Waals surface area contributed by atoms with E-state index in [9.17, 15) is 14.7 Å². The number of carbonyl (C=O) groups excluding carboxylic acids is 1. The molecule has 0 bridgehead atoms. The van der Waals surface area contributed by atoms with E-state index in [0.29, 0.717) is 36.7 Å². The molecule has 5 rings (SSSR count). The first-order valence-corrected chi connectivity index (χ1v) is 19.6. The van der Waals surface area contributed by atoms with Crippen LogP contribution in [0.1, 0.15) is 70.1 Å². The Labute approximate surface area is 291 Å². The van der Waals surface area contributed by atoms with E-state index >= 15 is 13.2 Å². The van der Waals surface area contributed by atoms with Crippen LogP contribution in [0.15, 0.2) is 30.5 Å². The molecule has 3 N–H and O–H groups in total. The second-order valence-corrected chi connectivity index (χ2v) is 20.5. The van der Waals surface area contributed by atoms with Crippen molar-refractivity contribution in [3.05, 3.63) is 64.7 Å². The van der Waals surface area contributed by atoms with Crippen molar-refractivity contribution in [3.8, 4) is 17.1 Å². The van der Waals surface area contributed by atoms with Crippen molar-refractivity contribution in [2.24, 2.45) is 5.92 Å². The third kappa shape index (κ3) is 7.32. The first-order chi connectivity index (χ1) is 23.2. The highest BCUT2D eigenvalue weighted by atomic mass is 28.4. The van der Waals surface area contributed by atoms with Gasteiger partial charge < -0.3 is 29.8 Å². The minimum atomic E-state index is -2.30. The van der Waals surface area contributed by atoms with Gasteiger partial charge in [0.2, 0.25) is 5.88 Å². The van der Waals surface area contributed by atoms with Crippen molar-refractivity contribution in [1.29, 1.82) is 0 Å². The fraction of sp³-hybridized carbons (Fsp3) is 0.500. The number of hydrogen-bond acceptors (Lipinski definition) is 7. The van der Waals surface area contributed by atoms with Gasteiger partial charge in [0.15, 0.2) is 19.8 Å². The van der Waals surface area contributed by atoms with Crippen LogP contribution in [0.25, 0.3) is 11.3 Å². The summed E-state index contributed by atoms with van der Waals surface area (Å²) in [6.45, 7) is 18.9. The lowest BCUT2D eigenvalue weighted by molar-refractivity contribution is 0.0721. The molecule has 0 radical (unpaired) electrons. The van der Waals surface area contributed by atoms with Crippen molar-refractivity contribution in [1.82, 2.24) is 15.3 Å². The van der Waals surface area contributed by atoms with Gasteiger partial charge in [-0.3, -0.25) is 4.79 Å². The van der Waals surface area contributed by atoms with Crippen molar-refractivity contribution in [2.75, 3.05) is 29.9 Å². The molecule has 50 heavy (non-hydrogen) atoms. The van der Waals surface area contributed by atoms with E-state index in [0.717, 1.165) is 18.2 Å². The molecule has 0 unspecified atom stereocenters. The van der Waals surface area contributed by atoms with Crippen LogP contribution in [0.5, 0.6) is 5.88 Å². The zero-order chi connectivity index (χ0) is 36.9. The Morgan fingerprint density at radius 3 is 2.32 bits per heavy atom. The molecule has 10 nitrogen and oxygen atoms in total. The number of ether oxygens (including phenoxy) is 1. The normalized spacial score (nSPS) is 19.5. The molecular formula is C36H46F3N5O5Si. The molecule has 0 spiro atoms. The molecule has 2 aromatic heterocycles. The summed E-state index contributed by atoms with van der Waals surface area (Å²) in [7, 11) is -2.30. The SMILES string of the molecule is C[C@H]1CN(c2c(NC(=O)c3nc(-c4c(F)cccc4F)c(C(C)(C)C)cc3F)cnc3c2CCO3)C[C@@H](NC(=O)O)[C@@H]1O[Si](C)(C)C(C)(C)C. The predicted octanol–water partition coefficient (Wildman–Crippen LogP) is 7.53. The van der Waals surface area contributed by atoms with Crippen LogP contribution in [-0.4, -0.2) is 67.2 Å². The number of hydrogen-bond donors (Lipinski definition) is 3. The van der Waals surface area contributed by atoms with Gasteiger partial charge in [0, 0.05) is 31.0 Å². The van der Waals surface area contributed by atoms with Crippen molar-refractivity contribution in [2.45, 2.75) is 90.6 Å². The largest absolute Gasteiger partial charge is 0.477 e. The maximum Gasteiger partial charge on any atom is 0.405 e. The molecule has 14 heteroatoms. The summed E-state index contributed by atoms with van der Waals surface area (Å²) in [5, 5.41) is 15.1. The molecule has 2 aliphatic rings. The lowest BCUT2D eigenvalue weighted by Gasteiger charge is -2.48. The molecular weight excluding hydrogens is 668 g/mol. The quantitative estimate of drug-likeness (QED) is 0.215. The van der Waals surface area contributed by atoms with Crippen LogP contribution < -0.4 is 20.3 Å². The molecule has 1 saturated heterocycles. The summed E-state index contributed by atoms with van der Waals surface area (Å²) in [6, 6.07) is 3.84. The third-order valence-electron chi connectivity index (χ3n) is 9.89. The number of halogens is 3. The van der Waals surface area contributed by atoms with Crippen LogP contribution in [0.4, 0.5) is 29.3 Å². The van der Waals surface area contributed by atoms with E-state index in [-0.39, 0.29) is 34.4 Å². The van der Waals surface area contributed by atoms with E-state index in [2.05, 4.69) is 54.5 Å². The number of amides is 2. The smallest absolute Gasteiger partial charge is 0.405 e. The first kappa shape index (κ1) is 37.1. The molecule has 3 aromatic rings. The minimum absolute atomic E-state index is 0.106. The Kier molecular flexibility index (Phi) is 10.0. The fourth-order valence-corrected chi connectivity index (χ4v) is 7.77. The number of piperidine rings is 1. The van der Waals surface area contributed by atoms with Crippen LogP contribution in [0.2, 0.25) is 18.1 Å². The molecule has 1 fully saturated rings. The lowest BCUT2D eigenvalue weighted by atomic mass is 9.83. The molecule has 1 aromatic carbocycles. The molecule has 0 saturated carbocycles. The fourth-order valence-electron chi connectivity index (χ4n) is 6.34. The summed E-state index contributed by atoms with van der Waals surface area (Å²) >= 11 is 0. The van der Waals surface area contributed by atoms with Crippen LogP contribution >= 0.6 is 0 Å². The van der Waals surface area contributed by atoms with Gasteiger partial charge in [-0.05, 0) is 47.3 Å². The first-order valence-electron chi connectivity index (χ1n) is 16.7. The Balaban J connectivity index is 1.55. The van der Waals surface area contributed by atoms with Crippen LogP contribution in [0, 0.1) is 23.4 Å². The average molecular weight is 714 g/mol. The topological polar surface area (TPSA) is 126 Å². The summed E-state index contributed by atoms with van der Waals surface area (Å²) in [4.78, 5) is 36.5. The standard InChI is InChI=1S/C36H46F3N5O5Si/c1-19-17-44(18-26(42-34(46)47)31(19)49-50(8,9)36(5,6)7)30-20-13-14-48-33(20)40-16-25(30)41-32(45)29-24(39)15-21(35(2,3)4)28(43-29)27-22(37)11-10-12-23(27)38/h10-12,15-16,19,26,31,42H,13-14,17-18H2,1-9H3,(H,41,45)(H,46,47)/t19-,26+,31+/m0/s1. The second kappa shape index (κ2) is 13.5. The van der Waals surface area contributed by atoms with Gasteiger partial charge in [-0.25, -0.2) is 27.9 Å². The number of nitrogens with one attached hydrogen (secondary N) is 2. The van der Waals surface area contributed by atoms with Crippen molar-refractivity contribution < 1.29 is 37.0 Å². The van der Waals surface area contributed by atoms with Gasteiger partial charge >= 0.3 is 6.09 Å². The molecule has 4 heterocycles. The number of aromatic nitrogens is 2. The maximum absolute atomic E-state index is 15.8. The van der Waals surface area contributed by atoms with Gasteiger partial charge in [-0.15, -0.1) is 0 Å². The van der Waals surface area contributed by atoms with Gasteiger partial charge in [-0.2, -0.15) is 0 Å². The Hall–Kier alpha value is -4.17. The Morgan fingerprint density at radius 1 is 1.06 bits per heavy atom. The summed E-state index contributed by atoms with van der Waals surface area (Å²) in [5.74, 6) is -3.48. The van der Waals surface area contributed by atoms with Gasteiger partial charge in [-0.1, -0.05) is 54.5 Å². The molecule has 2 amide bonds. The highest BCUT2D eigenvalue weighted by Gasteiger charge is 2.45. The Morgan fingerprint density at radius 2 is 1.72 bits per heavy atom. The number of benzene rings is 1.